The summed E-state index contributed by atoms with van der Waals surface area (Å²) >= 11 is 0. The van der Waals surface area contributed by atoms with Crippen molar-refractivity contribution < 1.29 is 27.5 Å². The first-order valence-corrected chi connectivity index (χ1v) is 15.7. The van der Waals surface area contributed by atoms with Crippen molar-refractivity contribution in [1.29, 1.82) is 0 Å². The molecule has 1 saturated heterocycles. The van der Waals surface area contributed by atoms with Gasteiger partial charge in [0.05, 0.1) is 24.6 Å². The Hall–Kier alpha value is -4.13. The van der Waals surface area contributed by atoms with Crippen LogP contribution in [-0.4, -0.2) is 83.5 Å². The summed E-state index contributed by atoms with van der Waals surface area (Å²) in [5.41, 5.74) is 3.94. The number of piperidine rings is 1. The topological polar surface area (TPSA) is 143 Å². The summed E-state index contributed by atoms with van der Waals surface area (Å²) in [6.45, 7) is 5.02. The monoisotopic (exact) mass is 596 g/mol. The van der Waals surface area contributed by atoms with Crippen molar-refractivity contribution >= 4 is 44.6 Å². The van der Waals surface area contributed by atoms with Gasteiger partial charge in [-0.15, -0.1) is 0 Å². The molecule has 1 aromatic heterocycles. The van der Waals surface area contributed by atoms with E-state index in [0.717, 1.165) is 26.5 Å². The van der Waals surface area contributed by atoms with Gasteiger partial charge in [0.15, 0.2) is 0 Å². The number of methoxy groups -OCH3 is 1. The number of esters is 1. The van der Waals surface area contributed by atoms with E-state index < -0.39 is 22.0 Å². The van der Waals surface area contributed by atoms with Crippen molar-refractivity contribution in [3.8, 4) is 0 Å². The van der Waals surface area contributed by atoms with Crippen molar-refractivity contribution in [2.24, 2.45) is 0 Å². The van der Waals surface area contributed by atoms with E-state index in [1.807, 2.05) is 42.2 Å². The molecule has 13 heteroatoms. The van der Waals surface area contributed by atoms with Gasteiger partial charge in [0, 0.05) is 43.2 Å². The summed E-state index contributed by atoms with van der Waals surface area (Å²) in [7, 11) is -2.28. The van der Waals surface area contributed by atoms with Gasteiger partial charge < -0.3 is 25.2 Å². The van der Waals surface area contributed by atoms with Crippen LogP contribution < -0.4 is 10.6 Å². The van der Waals surface area contributed by atoms with Gasteiger partial charge in [-0.05, 0) is 55.0 Å². The standard InChI is InChI=1S/C29H36N6O6S/c1-4-13-42(39,40)35-18-22-15-20(14-19(2)26(22)32-35)16-25(27(36)41-3)31-28(37)33-11-9-23(10-12-33)34-17-21-7-5-6-8-24(21)30-29(34)38/h5-8,14-15,18,23,25H,4,9-13,16-17H2,1-3H3,(H,30,38)(H,31,37)/t25-/m1/s1. The summed E-state index contributed by atoms with van der Waals surface area (Å²) < 4.78 is 31.0. The summed E-state index contributed by atoms with van der Waals surface area (Å²) in [4.78, 5) is 42.1. The Labute approximate surface area is 245 Å². The average molecular weight is 597 g/mol. The molecule has 224 valence electrons. The molecular formula is C29H36N6O6S. The fraction of sp³-hybridized carbons (Fsp3) is 0.448. The molecule has 2 N–H and O–H groups in total. The number of likely N-dealkylation sites (tertiary alicyclic amines) is 1. The number of hydrogen-bond acceptors (Lipinski definition) is 7. The van der Waals surface area contributed by atoms with Crippen molar-refractivity contribution in [1.82, 2.24) is 24.3 Å². The van der Waals surface area contributed by atoms with Crippen molar-refractivity contribution in [2.75, 3.05) is 31.3 Å². The molecule has 3 heterocycles. The Morgan fingerprint density at radius 3 is 2.64 bits per heavy atom. The Balaban J connectivity index is 1.24. The van der Waals surface area contributed by atoms with Crippen LogP contribution in [0.4, 0.5) is 15.3 Å². The van der Waals surface area contributed by atoms with Gasteiger partial charge >= 0.3 is 18.0 Å². The number of nitrogens with zero attached hydrogens (tertiary/aromatic N) is 4. The maximum absolute atomic E-state index is 13.2. The number of para-hydroxylation sites is 1. The van der Waals surface area contributed by atoms with Crippen LogP contribution in [0, 0.1) is 6.92 Å². The van der Waals surface area contributed by atoms with Crippen molar-refractivity contribution in [3.63, 3.8) is 0 Å². The highest BCUT2D eigenvalue weighted by Gasteiger charge is 2.33. The smallest absolute Gasteiger partial charge is 0.328 e. The van der Waals surface area contributed by atoms with E-state index in [1.54, 1.807) is 17.9 Å². The second kappa shape index (κ2) is 12.0. The summed E-state index contributed by atoms with van der Waals surface area (Å²) in [5.74, 6) is -0.597. The summed E-state index contributed by atoms with van der Waals surface area (Å²) in [5, 5.41) is 10.7. The maximum Gasteiger partial charge on any atom is 0.328 e. The molecule has 4 amide bonds. The van der Waals surface area contributed by atoms with E-state index >= 15 is 0 Å². The van der Waals surface area contributed by atoms with E-state index in [-0.39, 0.29) is 30.3 Å². The van der Waals surface area contributed by atoms with Crippen LogP contribution in [0.15, 0.2) is 42.6 Å². The number of rotatable bonds is 8. The van der Waals surface area contributed by atoms with E-state index in [2.05, 4.69) is 15.7 Å². The molecule has 0 spiro atoms. The van der Waals surface area contributed by atoms with E-state index in [9.17, 15) is 22.8 Å². The number of carbonyl (C=O) groups excluding carboxylic acids is 3. The molecular weight excluding hydrogens is 560 g/mol. The van der Waals surface area contributed by atoms with Crippen molar-refractivity contribution in [3.05, 3.63) is 59.3 Å². The zero-order valence-corrected chi connectivity index (χ0v) is 24.8. The first-order valence-electron chi connectivity index (χ1n) is 14.1. The van der Waals surface area contributed by atoms with Crippen LogP contribution in [0.25, 0.3) is 10.9 Å². The molecule has 2 aromatic carbocycles. The third-order valence-corrected chi connectivity index (χ3v) is 9.54. The van der Waals surface area contributed by atoms with E-state index in [0.29, 0.717) is 49.8 Å². The molecule has 0 bridgehead atoms. The molecule has 12 nitrogen and oxygen atoms in total. The molecule has 2 aliphatic heterocycles. The number of ether oxygens (including phenoxy) is 1. The van der Waals surface area contributed by atoms with Gasteiger partial charge in [-0.2, -0.15) is 9.19 Å². The normalized spacial score (nSPS) is 16.6. The predicted octanol–water partition coefficient (Wildman–Crippen LogP) is 3.24. The molecule has 3 aromatic rings. The van der Waals surface area contributed by atoms with Gasteiger partial charge in [0.25, 0.3) is 10.0 Å². The Morgan fingerprint density at radius 2 is 1.93 bits per heavy atom. The Morgan fingerprint density at radius 1 is 1.19 bits per heavy atom. The molecule has 42 heavy (non-hydrogen) atoms. The van der Waals surface area contributed by atoms with Crippen LogP contribution in [0.1, 0.15) is 42.9 Å². The first kappa shape index (κ1) is 29.4. The van der Waals surface area contributed by atoms with Gasteiger partial charge in [0.2, 0.25) is 0 Å². The number of amides is 4. The number of carbonyl (C=O) groups is 3. The minimum absolute atomic E-state index is 0.00410. The number of anilines is 1. The third kappa shape index (κ3) is 6.06. The number of aryl methyl sites for hydroxylation is 1. The molecule has 0 saturated carbocycles. The second-order valence-electron chi connectivity index (χ2n) is 10.8. The quantitative estimate of drug-likeness (QED) is 0.380. The van der Waals surface area contributed by atoms with Gasteiger partial charge in [0.1, 0.15) is 6.04 Å². The number of urea groups is 2. The number of hydrogen-bond donors (Lipinski definition) is 2. The van der Waals surface area contributed by atoms with Gasteiger partial charge in [-0.3, -0.25) is 0 Å². The minimum atomic E-state index is -3.55. The lowest BCUT2D eigenvalue weighted by Gasteiger charge is -2.40. The highest BCUT2D eigenvalue weighted by atomic mass is 32.2. The van der Waals surface area contributed by atoms with Crippen LogP contribution in [0.3, 0.4) is 0 Å². The zero-order valence-electron chi connectivity index (χ0n) is 24.0. The Bertz CT molecular complexity index is 1610. The largest absolute Gasteiger partial charge is 0.467 e. The van der Waals surface area contributed by atoms with Crippen molar-refractivity contribution in [2.45, 2.75) is 58.2 Å². The second-order valence-corrected chi connectivity index (χ2v) is 12.8. The molecule has 1 fully saturated rings. The fourth-order valence-corrected chi connectivity index (χ4v) is 6.87. The summed E-state index contributed by atoms with van der Waals surface area (Å²) in [6, 6.07) is 9.87. The molecule has 0 unspecified atom stereocenters. The van der Waals surface area contributed by atoms with E-state index in [4.69, 9.17) is 4.74 Å². The lowest BCUT2D eigenvalue weighted by molar-refractivity contribution is -0.142. The predicted molar refractivity (Wildman–Crippen MR) is 158 cm³/mol. The van der Waals surface area contributed by atoms with Gasteiger partial charge in [-0.1, -0.05) is 31.2 Å². The average Bonchev–Trinajstić information content (AvgIpc) is 3.42. The lowest BCUT2D eigenvalue weighted by Crippen LogP contribution is -2.54. The SMILES string of the molecule is CCCS(=O)(=O)n1cc2cc(C[C@@H](NC(=O)N3CCC(N4Cc5ccccc5NC4=O)CC3)C(=O)OC)cc(C)c2n1. The Kier molecular flexibility index (Phi) is 8.39. The number of aromatic nitrogens is 2. The summed E-state index contributed by atoms with van der Waals surface area (Å²) in [6.07, 6.45) is 3.35. The van der Waals surface area contributed by atoms with Crippen LogP contribution in [0.5, 0.6) is 0 Å². The zero-order chi connectivity index (χ0) is 30.0. The van der Waals surface area contributed by atoms with Crippen LogP contribution in [-0.2, 0) is 32.5 Å². The molecule has 0 aliphatic carbocycles. The lowest BCUT2D eigenvalue weighted by atomic mass is 10.0. The van der Waals surface area contributed by atoms with Crippen LogP contribution in [0.2, 0.25) is 0 Å². The molecule has 1 atom stereocenters. The first-order chi connectivity index (χ1) is 20.1. The molecule has 0 radical (unpaired) electrons. The number of benzene rings is 2. The van der Waals surface area contributed by atoms with E-state index in [1.165, 1.54) is 13.3 Å². The number of fused-ring (bicyclic) bond motifs is 2. The highest BCUT2D eigenvalue weighted by molar-refractivity contribution is 7.89. The highest BCUT2D eigenvalue weighted by Crippen LogP contribution is 2.28. The minimum Gasteiger partial charge on any atom is -0.467 e. The van der Waals surface area contributed by atoms with Gasteiger partial charge in [-0.25, -0.2) is 22.8 Å². The number of nitrogens with one attached hydrogen (secondary N) is 2. The molecule has 2 aliphatic rings. The van der Waals surface area contributed by atoms with Crippen LogP contribution >= 0.6 is 0 Å². The maximum atomic E-state index is 13.2. The fourth-order valence-electron chi connectivity index (χ4n) is 5.69. The third-order valence-electron chi connectivity index (χ3n) is 7.86. The molecule has 5 rings (SSSR count).